The third-order valence-electron chi connectivity index (χ3n) is 6.10. The van der Waals surface area contributed by atoms with Gasteiger partial charge in [-0.15, -0.1) is 0 Å². The normalized spacial score (nSPS) is 12.7. The van der Waals surface area contributed by atoms with E-state index in [-0.39, 0.29) is 11.5 Å². The minimum atomic E-state index is -1.80. The Morgan fingerprint density at radius 3 is 2.38 bits per heavy atom. The van der Waals surface area contributed by atoms with Crippen molar-refractivity contribution in [3.63, 3.8) is 0 Å². The maximum atomic E-state index is 15.4. The van der Waals surface area contributed by atoms with Crippen LogP contribution in [-0.4, -0.2) is 0 Å². The molecule has 0 atom stereocenters. The molecule has 2 aromatic heterocycles. The Morgan fingerprint density at radius 2 is 1.71 bits per heavy atom. The minimum absolute atomic E-state index is 0.0336. The molecule has 5 rings (SSSR count). The molecule has 0 saturated carbocycles. The zero-order valence-corrected chi connectivity index (χ0v) is 19.6. The van der Waals surface area contributed by atoms with Crippen LogP contribution in [-0.2, 0) is 13.4 Å². The Kier molecular flexibility index (Phi) is 4.83. The number of halogens is 1. The number of aryl methyl sites for hydroxylation is 2. The van der Waals surface area contributed by atoms with Gasteiger partial charge in [0.15, 0.2) is 11.9 Å². The Hall–Kier alpha value is -3.97. The van der Waals surface area contributed by atoms with Crippen molar-refractivity contribution < 1.29 is 16.1 Å². The fourth-order valence-corrected chi connectivity index (χ4v) is 4.58. The summed E-state index contributed by atoms with van der Waals surface area (Å²) in [7, 11) is 1.79. The summed E-state index contributed by atoms with van der Waals surface area (Å²) < 4.78 is 40.5. The molecule has 0 radical (unpaired) electrons. The van der Waals surface area contributed by atoms with Gasteiger partial charge in [-0.05, 0) is 30.3 Å². The van der Waals surface area contributed by atoms with E-state index < -0.39 is 12.2 Å². The molecule has 0 unspecified atom stereocenters. The van der Waals surface area contributed by atoms with E-state index in [9.17, 15) is 0 Å². The molecule has 0 amide bonds. The highest BCUT2D eigenvalue weighted by molar-refractivity contribution is 6.15. The molecule has 0 spiro atoms. The van der Waals surface area contributed by atoms with E-state index >= 15 is 4.39 Å². The van der Waals surface area contributed by atoms with Crippen LogP contribution in [0.4, 0.5) is 10.1 Å². The van der Waals surface area contributed by atoms with Crippen LogP contribution in [0, 0.1) is 25.2 Å². The lowest BCUT2D eigenvalue weighted by Crippen LogP contribution is -2.32. The van der Waals surface area contributed by atoms with Crippen molar-refractivity contribution in [2.24, 2.45) is 13.0 Å². The van der Waals surface area contributed by atoms with Gasteiger partial charge in [-0.25, -0.2) is 13.8 Å². The molecule has 3 aromatic carbocycles. The maximum absolute atomic E-state index is 15.4. The van der Waals surface area contributed by atoms with Crippen LogP contribution in [0.3, 0.4) is 0 Å². The second kappa shape index (κ2) is 8.43. The van der Waals surface area contributed by atoms with Gasteiger partial charge in [0.05, 0.1) is 17.7 Å². The minimum Gasteiger partial charge on any atom is -0.456 e. The summed E-state index contributed by atoms with van der Waals surface area (Å²) >= 11 is 0. The number of hydrogen-bond donors (Lipinski definition) is 0. The largest absolute Gasteiger partial charge is 0.456 e. The molecule has 4 heteroatoms. The van der Waals surface area contributed by atoms with Gasteiger partial charge >= 0.3 is 0 Å². The van der Waals surface area contributed by atoms with E-state index in [0.29, 0.717) is 22.5 Å². The number of furan rings is 1. The predicted molar refractivity (Wildman–Crippen MR) is 135 cm³/mol. The van der Waals surface area contributed by atoms with E-state index in [1.165, 1.54) is 12.3 Å². The molecule has 0 aliphatic heterocycles. The summed E-state index contributed by atoms with van der Waals surface area (Å²) in [5.74, 6) is -0.971. The van der Waals surface area contributed by atoms with Crippen molar-refractivity contribution in [2.45, 2.75) is 27.1 Å². The number of nitrogens with zero attached hydrogens (tertiary/aromatic N) is 2. The summed E-state index contributed by atoms with van der Waals surface area (Å²) in [6.45, 7) is 13.2. The van der Waals surface area contributed by atoms with Gasteiger partial charge in [-0.3, -0.25) is 0 Å². The van der Waals surface area contributed by atoms with Crippen molar-refractivity contribution in [2.75, 3.05) is 0 Å². The Bertz CT molecular complexity index is 1680. The standard InChI is InChI=1S/C30H26FN2O/c1-18(2)15-21-17-33(5)26(16-24(21)31)27-19(3)11-12-22-23-13-14-25(32-4)28(30(23)34-29(22)27)20-9-7-6-8-10-20/h6-14,16-18H,15H2,1-3,5H3/q+1/i15D2. The number of aromatic nitrogens is 1. The van der Waals surface area contributed by atoms with Gasteiger partial charge in [-0.2, -0.15) is 0 Å². The molecule has 3 nitrogen and oxygen atoms in total. The second-order valence-electron chi connectivity index (χ2n) is 8.88. The molecule has 0 aliphatic rings. The zero-order valence-electron chi connectivity index (χ0n) is 21.6. The van der Waals surface area contributed by atoms with Crippen LogP contribution < -0.4 is 4.57 Å². The summed E-state index contributed by atoms with van der Waals surface area (Å²) in [6.07, 6.45) is -0.264. The quantitative estimate of drug-likeness (QED) is 0.201. The Labute approximate surface area is 201 Å². The van der Waals surface area contributed by atoms with E-state index in [4.69, 9.17) is 13.7 Å². The van der Waals surface area contributed by atoms with Gasteiger partial charge in [-0.1, -0.05) is 68.4 Å². The van der Waals surface area contributed by atoms with E-state index in [2.05, 4.69) is 4.85 Å². The summed E-state index contributed by atoms with van der Waals surface area (Å²) in [5, 5.41) is 1.76. The Morgan fingerprint density at radius 1 is 1.03 bits per heavy atom. The Balaban J connectivity index is 1.83. The van der Waals surface area contributed by atoms with E-state index in [0.717, 1.165) is 33.0 Å². The maximum Gasteiger partial charge on any atom is 0.219 e. The first-order valence-electron chi connectivity index (χ1n) is 12.3. The number of benzene rings is 3. The topological polar surface area (TPSA) is 21.4 Å². The number of hydrogen-bond acceptors (Lipinski definition) is 1. The van der Waals surface area contributed by atoms with Crippen LogP contribution in [0.15, 0.2) is 71.3 Å². The average molecular weight is 452 g/mol. The lowest BCUT2D eigenvalue weighted by molar-refractivity contribution is -0.661. The van der Waals surface area contributed by atoms with Gasteiger partial charge in [0.25, 0.3) is 0 Å². The van der Waals surface area contributed by atoms with Crippen molar-refractivity contribution in [1.29, 1.82) is 0 Å². The molecule has 0 bridgehead atoms. The van der Waals surface area contributed by atoms with Crippen molar-refractivity contribution in [1.82, 2.24) is 0 Å². The highest BCUT2D eigenvalue weighted by Crippen LogP contribution is 2.44. The molecular formula is C30H26FN2O+. The first-order valence-corrected chi connectivity index (χ1v) is 11.3. The van der Waals surface area contributed by atoms with Crippen molar-refractivity contribution in [3.05, 3.63) is 95.2 Å². The number of fused-ring (bicyclic) bond motifs is 3. The SMILES string of the molecule is [2H]C([2H])(c1c[n+](C)c(-c2c(C)ccc3c2oc2c(-c4ccccc4)c([N+]#[C-])ccc23)cc1F)C(C)C. The lowest BCUT2D eigenvalue weighted by atomic mass is 9.97. The van der Waals surface area contributed by atoms with Crippen LogP contribution in [0.1, 0.15) is 27.7 Å². The average Bonchev–Trinajstić information content (AvgIpc) is 3.23. The molecule has 0 saturated heterocycles. The lowest BCUT2D eigenvalue weighted by Gasteiger charge is -2.09. The van der Waals surface area contributed by atoms with Gasteiger partial charge in [0.1, 0.15) is 24.0 Å². The number of rotatable bonds is 4. The first kappa shape index (κ1) is 19.5. The van der Waals surface area contributed by atoms with Gasteiger partial charge < -0.3 is 4.42 Å². The number of pyridine rings is 1. The molecule has 0 fully saturated rings. The van der Waals surface area contributed by atoms with Crippen LogP contribution >= 0.6 is 0 Å². The summed E-state index contributed by atoms with van der Waals surface area (Å²) in [6, 6.07) is 18.8. The highest BCUT2D eigenvalue weighted by atomic mass is 19.1. The molecule has 0 aliphatic carbocycles. The van der Waals surface area contributed by atoms with E-state index in [1.807, 2.05) is 61.5 Å². The van der Waals surface area contributed by atoms with Crippen LogP contribution in [0.5, 0.6) is 0 Å². The van der Waals surface area contributed by atoms with Crippen LogP contribution in [0.2, 0.25) is 0 Å². The third-order valence-corrected chi connectivity index (χ3v) is 6.10. The molecule has 0 N–H and O–H groups in total. The fourth-order valence-electron chi connectivity index (χ4n) is 4.58. The summed E-state index contributed by atoms with van der Waals surface area (Å²) in [5.41, 5.74) is 5.63. The second-order valence-corrected chi connectivity index (χ2v) is 8.88. The summed E-state index contributed by atoms with van der Waals surface area (Å²) in [4.78, 5) is 3.74. The van der Waals surface area contributed by atoms with Crippen molar-refractivity contribution >= 4 is 27.6 Å². The van der Waals surface area contributed by atoms with Gasteiger partial charge in [0.2, 0.25) is 5.69 Å². The molecular weight excluding hydrogens is 423 g/mol. The van der Waals surface area contributed by atoms with E-state index in [1.54, 1.807) is 25.5 Å². The highest BCUT2D eigenvalue weighted by Gasteiger charge is 2.25. The molecule has 5 aromatic rings. The smallest absolute Gasteiger partial charge is 0.219 e. The van der Waals surface area contributed by atoms with Crippen molar-refractivity contribution in [3.8, 4) is 22.4 Å². The zero-order chi connectivity index (χ0) is 25.8. The molecule has 2 heterocycles. The van der Waals surface area contributed by atoms with Gasteiger partial charge in [0, 0.05) is 25.1 Å². The van der Waals surface area contributed by atoms with Crippen LogP contribution in [0.25, 0.3) is 49.2 Å². The third kappa shape index (κ3) is 3.54. The first-order chi connectivity index (χ1) is 17.1. The fraction of sp³-hybridized carbons (Fsp3) is 0.200. The molecule has 168 valence electrons. The monoisotopic (exact) mass is 451 g/mol. The predicted octanol–water partition coefficient (Wildman–Crippen LogP) is 7.94. The molecule has 34 heavy (non-hydrogen) atoms.